The standard InChI is InChI=1S/C15H23N3O3/c1-18-9-12(8-16-18)14(11-6-13(19)7-11)17-15(20)10-2-4-21-5-3-10/h8-11,13-14,19H,2-7H2,1H3,(H,17,20)/t11?,13?,14-/m1/s1. The SMILES string of the molecule is Cn1cc([C@H](NC(=O)C2CCOCC2)C2CC(O)C2)cn1. The van der Waals surface area contributed by atoms with Gasteiger partial charge >= 0.3 is 0 Å². The lowest BCUT2D eigenvalue weighted by Gasteiger charge is -2.38. The Morgan fingerprint density at radius 2 is 2.19 bits per heavy atom. The number of nitrogens with one attached hydrogen (secondary N) is 1. The number of ether oxygens (including phenoxy) is 1. The van der Waals surface area contributed by atoms with Gasteiger partial charge in [0.25, 0.3) is 0 Å². The molecular formula is C15H23N3O3. The first kappa shape index (κ1) is 14.5. The molecular weight excluding hydrogens is 270 g/mol. The molecule has 0 radical (unpaired) electrons. The van der Waals surface area contributed by atoms with Crippen molar-refractivity contribution in [3.05, 3.63) is 18.0 Å². The molecule has 6 heteroatoms. The van der Waals surface area contributed by atoms with Crippen LogP contribution in [0.4, 0.5) is 0 Å². The zero-order chi connectivity index (χ0) is 14.8. The zero-order valence-corrected chi connectivity index (χ0v) is 12.4. The van der Waals surface area contributed by atoms with Gasteiger partial charge in [-0.15, -0.1) is 0 Å². The molecule has 2 aliphatic rings. The third-order valence-corrected chi connectivity index (χ3v) is 4.59. The van der Waals surface area contributed by atoms with Gasteiger partial charge in [-0.2, -0.15) is 5.10 Å². The van der Waals surface area contributed by atoms with Crippen LogP contribution in [0.1, 0.15) is 37.3 Å². The minimum atomic E-state index is -0.228. The number of aromatic nitrogens is 2. The molecule has 1 saturated heterocycles. The largest absolute Gasteiger partial charge is 0.393 e. The number of carbonyl (C=O) groups is 1. The van der Waals surface area contributed by atoms with Gasteiger partial charge in [-0.05, 0) is 31.6 Å². The lowest BCUT2D eigenvalue weighted by molar-refractivity contribution is -0.129. The van der Waals surface area contributed by atoms with Crippen LogP contribution in [0.5, 0.6) is 0 Å². The van der Waals surface area contributed by atoms with Crippen LogP contribution in [0.2, 0.25) is 0 Å². The van der Waals surface area contributed by atoms with Crippen LogP contribution >= 0.6 is 0 Å². The summed E-state index contributed by atoms with van der Waals surface area (Å²) in [5.41, 5.74) is 1.02. The van der Waals surface area contributed by atoms with E-state index in [4.69, 9.17) is 4.74 Å². The highest BCUT2D eigenvalue weighted by molar-refractivity contribution is 5.79. The quantitative estimate of drug-likeness (QED) is 0.860. The predicted molar refractivity (Wildman–Crippen MR) is 76.4 cm³/mol. The maximum Gasteiger partial charge on any atom is 0.223 e. The normalized spacial score (nSPS) is 27.9. The molecule has 0 spiro atoms. The molecule has 1 amide bonds. The lowest BCUT2D eigenvalue weighted by Crippen LogP contribution is -2.44. The Hall–Kier alpha value is -1.40. The molecule has 2 heterocycles. The number of aryl methyl sites for hydroxylation is 1. The van der Waals surface area contributed by atoms with Crippen molar-refractivity contribution in [2.75, 3.05) is 13.2 Å². The third kappa shape index (κ3) is 3.27. The van der Waals surface area contributed by atoms with Crippen LogP contribution in [0.25, 0.3) is 0 Å². The van der Waals surface area contributed by atoms with Gasteiger partial charge in [0.15, 0.2) is 0 Å². The van der Waals surface area contributed by atoms with Crippen LogP contribution in [-0.4, -0.2) is 40.1 Å². The van der Waals surface area contributed by atoms with Crippen molar-refractivity contribution in [1.82, 2.24) is 15.1 Å². The summed E-state index contributed by atoms with van der Waals surface area (Å²) in [6.45, 7) is 1.33. The Balaban J connectivity index is 1.68. The second-order valence-electron chi connectivity index (χ2n) is 6.21. The van der Waals surface area contributed by atoms with Crippen molar-refractivity contribution >= 4 is 5.91 Å². The maximum atomic E-state index is 12.5. The summed E-state index contributed by atoms with van der Waals surface area (Å²) in [4.78, 5) is 12.5. The molecule has 21 heavy (non-hydrogen) atoms. The topological polar surface area (TPSA) is 76.4 Å². The summed E-state index contributed by atoms with van der Waals surface area (Å²) in [6, 6.07) is -0.0440. The van der Waals surface area contributed by atoms with Crippen molar-refractivity contribution in [3.63, 3.8) is 0 Å². The maximum absolute atomic E-state index is 12.5. The molecule has 1 aliphatic carbocycles. The first-order valence-electron chi connectivity index (χ1n) is 7.68. The Labute approximate surface area is 124 Å². The second kappa shape index (κ2) is 6.15. The average Bonchev–Trinajstić information content (AvgIpc) is 2.89. The zero-order valence-electron chi connectivity index (χ0n) is 12.4. The van der Waals surface area contributed by atoms with Gasteiger partial charge in [0.1, 0.15) is 0 Å². The molecule has 6 nitrogen and oxygen atoms in total. The number of carbonyl (C=O) groups excluding carboxylic acids is 1. The van der Waals surface area contributed by atoms with Gasteiger partial charge in [0.05, 0.1) is 18.3 Å². The van der Waals surface area contributed by atoms with Crippen LogP contribution in [0, 0.1) is 11.8 Å². The fourth-order valence-electron chi connectivity index (χ4n) is 3.21. The molecule has 1 aromatic heterocycles. The highest BCUT2D eigenvalue weighted by atomic mass is 16.5. The van der Waals surface area contributed by atoms with Crippen LogP contribution in [0.3, 0.4) is 0 Å². The van der Waals surface area contributed by atoms with E-state index in [-0.39, 0.29) is 24.0 Å². The van der Waals surface area contributed by atoms with E-state index in [0.717, 1.165) is 31.2 Å². The van der Waals surface area contributed by atoms with Gasteiger partial charge in [0, 0.05) is 37.9 Å². The van der Waals surface area contributed by atoms with Crippen LogP contribution in [0.15, 0.2) is 12.4 Å². The molecule has 1 aliphatic heterocycles. The summed E-state index contributed by atoms with van der Waals surface area (Å²) in [5.74, 6) is 0.449. The van der Waals surface area contributed by atoms with E-state index in [1.54, 1.807) is 10.9 Å². The molecule has 3 rings (SSSR count). The van der Waals surface area contributed by atoms with Crippen molar-refractivity contribution in [1.29, 1.82) is 0 Å². The fourth-order valence-corrected chi connectivity index (χ4v) is 3.21. The lowest BCUT2D eigenvalue weighted by atomic mass is 9.75. The van der Waals surface area contributed by atoms with Gasteiger partial charge in [-0.25, -0.2) is 0 Å². The first-order valence-corrected chi connectivity index (χ1v) is 7.68. The molecule has 2 N–H and O–H groups in total. The summed E-state index contributed by atoms with van der Waals surface area (Å²) >= 11 is 0. The van der Waals surface area contributed by atoms with Crippen LogP contribution < -0.4 is 5.32 Å². The van der Waals surface area contributed by atoms with E-state index >= 15 is 0 Å². The molecule has 0 bridgehead atoms. The van der Waals surface area contributed by atoms with Crippen molar-refractivity contribution < 1.29 is 14.6 Å². The molecule has 2 fully saturated rings. The molecule has 1 atom stereocenters. The molecule has 0 aromatic carbocycles. The smallest absolute Gasteiger partial charge is 0.223 e. The van der Waals surface area contributed by atoms with Gasteiger partial charge < -0.3 is 15.2 Å². The third-order valence-electron chi connectivity index (χ3n) is 4.59. The van der Waals surface area contributed by atoms with E-state index in [0.29, 0.717) is 19.1 Å². The van der Waals surface area contributed by atoms with Crippen molar-refractivity contribution in [2.24, 2.45) is 18.9 Å². The molecule has 0 unspecified atom stereocenters. The minimum Gasteiger partial charge on any atom is -0.393 e. The van der Waals surface area contributed by atoms with Gasteiger partial charge in [-0.1, -0.05) is 0 Å². The highest BCUT2D eigenvalue weighted by Crippen LogP contribution is 2.38. The van der Waals surface area contributed by atoms with Crippen molar-refractivity contribution in [2.45, 2.75) is 37.8 Å². The first-order chi connectivity index (χ1) is 10.1. The number of aliphatic hydroxyl groups excluding tert-OH is 1. The van der Waals surface area contributed by atoms with E-state index in [1.165, 1.54) is 0 Å². The average molecular weight is 293 g/mol. The van der Waals surface area contributed by atoms with E-state index in [9.17, 15) is 9.90 Å². The number of nitrogens with zero attached hydrogens (tertiary/aromatic N) is 2. The van der Waals surface area contributed by atoms with Gasteiger partial charge in [-0.3, -0.25) is 9.48 Å². The Kier molecular flexibility index (Phi) is 4.26. The Morgan fingerprint density at radius 3 is 2.76 bits per heavy atom. The van der Waals surface area contributed by atoms with Crippen molar-refractivity contribution in [3.8, 4) is 0 Å². The Bertz CT molecular complexity index is 490. The Morgan fingerprint density at radius 1 is 1.48 bits per heavy atom. The fraction of sp³-hybridized carbons (Fsp3) is 0.733. The van der Waals surface area contributed by atoms with Crippen LogP contribution in [-0.2, 0) is 16.6 Å². The van der Waals surface area contributed by atoms with E-state index in [1.807, 2.05) is 13.2 Å². The number of hydrogen-bond acceptors (Lipinski definition) is 4. The summed E-state index contributed by atoms with van der Waals surface area (Å²) in [6.07, 6.45) is 6.59. The molecule has 1 aromatic rings. The summed E-state index contributed by atoms with van der Waals surface area (Å²) in [5, 5.41) is 16.9. The highest BCUT2D eigenvalue weighted by Gasteiger charge is 2.37. The van der Waals surface area contributed by atoms with E-state index < -0.39 is 0 Å². The van der Waals surface area contributed by atoms with E-state index in [2.05, 4.69) is 10.4 Å². The molecule has 1 saturated carbocycles. The number of amides is 1. The van der Waals surface area contributed by atoms with Gasteiger partial charge in [0.2, 0.25) is 5.91 Å². The summed E-state index contributed by atoms with van der Waals surface area (Å²) < 4.78 is 7.06. The second-order valence-corrected chi connectivity index (χ2v) is 6.21. The predicted octanol–water partition coefficient (Wildman–Crippen LogP) is 0.775. The number of rotatable bonds is 4. The monoisotopic (exact) mass is 293 g/mol. The minimum absolute atomic E-state index is 0.0440. The number of aliphatic hydroxyl groups is 1. The summed E-state index contributed by atoms with van der Waals surface area (Å²) in [7, 11) is 1.87. The molecule has 116 valence electrons. The number of hydrogen-bond donors (Lipinski definition) is 2.